The summed E-state index contributed by atoms with van der Waals surface area (Å²) >= 11 is 0. The van der Waals surface area contributed by atoms with Gasteiger partial charge in [0.2, 0.25) is 5.91 Å². The first-order valence-electron chi connectivity index (χ1n) is 22.2. The van der Waals surface area contributed by atoms with Gasteiger partial charge in [-0.25, -0.2) is 0 Å². The second-order valence-electron chi connectivity index (χ2n) is 18.4. The van der Waals surface area contributed by atoms with Gasteiger partial charge in [-0.15, -0.1) is 0 Å². The van der Waals surface area contributed by atoms with Crippen LogP contribution in [0.1, 0.15) is 129 Å². The number of hydrogen-bond donors (Lipinski definition) is 6. The number of hydrogen-bond acceptors (Lipinski definition) is 16. The molecule has 0 heterocycles. The van der Waals surface area contributed by atoms with E-state index >= 15 is 0 Å². The van der Waals surface area contributed by atoms with E-state index in [0.717, 1.165) is 6.42 Å². The summed E-state index contributed by atoms with van der Waals surface area (Å²) in [7, 11) is -12.9. The number of nitrogens with zero attached hydrogens (tertiary/aromatic N) is 6. The van der Waals surface area contributed by atoms with E-state index in [1.807, 2.05) is 6.92 Å². The van der Waals surface area contributed by atoms with Crippen LogP contribution >= 0.6 is 0 Å². The Morgan fingerprint density at radius 1 is 0.623 bits per heavy atom. The normalized spacial score (nSPS) is 40.9. The second kappa shape index (κ2) is 20.8. The summed E-state index contributed by atoms with van der Waals surface area (Å²) < 4.78 is 108. The molecule has 0 aromatic rings. The van der Waals surface area contributed by atoms with Gasteiger partial charge in [-0.3, -0.25) is 18.5 Å². The van der Waals surface area contributed by atoms with E-state index < -0.39 is 70.3 Å². The van der Waals surface area contributed by atoms with Crippen LogP contribution in [-0.4, -0.2) is 139 Å². The number of azo groups is 3. The van der Waals surface area contributed by atoms with Crippen LogP contribution in [0.15, 0.2) is 30.7 Å². The maximum absolute atomic E-state index is 12.7. The van der Waals surface area contributed by atoms with Crippen molar-refractivity contribution >= 4 is 36.3 Å². The Morgan fingerprint density at radius 3 is 1.87 bits per heavy atom. The van der Waals surface area contributed by atoms with Crippen molar-refractivity contribution in [3.05, 3.63) is 0 Å². The molecule has 0 aliphatic heterocycles. The number of amides is 1. The standard InChI is InChI=1S/C38H66N8O12S3/c1-3-58-35-21-28(42-41-26-7-5-9-30(18-26)60(52,53)54)13-15-33(35)45-44-32-14-12-27(20-34(32)39-22(2)47)43-46-37-36(61(55,56)57)16-23-10-11-25(19-31(23)38(37)48)40-24-6-4-8-29(17-24)59(49,50)51/h23-38,40,48H,3-21H2,1-2H3,(H,39,47)(H,49,50,51)(H,52,53,54)(H,55,56,57). The third kappa shape index (κ3) is 13.2. The predicted octanol–water partition coefficient (Wildman–Crippen LogP) is 4.26. The zero-order valence-corrected chi connectivity index (χ0v) is 37.6. The molecule has 6 rings (SSSR count). The molecule has 61 heavy (non-hydrogen) atoms. The third-order valence-corrected chi connectivity index (χ3v) is 17.9. The average molecular weight is 923 g/mol. The molecular formula is C38H66N8O12S3. The van der Waals surface area contributed by atoms with Crippen molar-refractivity contribution in [2.75, 3.05) is 6.61 Å². The topological polar surface area (TPSA) is 308 Å². The fourth-order valence-electron chi connectivity index (χ4n) is 10.9. The molecule has 0 aromatic heterocycles. The maximum Gasteiger partial charge on any atom is 0.270 e. The Bertz CT molecular complexity index is 1920. The van der Waals surface area contributed by atoms with Gasteiger partial charge in [0.25, 0.3) is 30.4 Å². The van der Waals surface area contributed by atoms with Gasteiger partial charge in [0, 0.05) is 25.6 Å². The van der Waals surface area contributed by atoms with E-state index in [0.29, 0.717) is 103 Å². The molecule has 6 fully saturated rings. The van der Waals surface area contributed by atoms with Gasteiger partial charge in [0.05, 0.1) is 59.0 Å². The number of carbonyl (C=O) groups is 1. The molecule has 0 saturated heterocycles. The minimum Gasteiger partial charge on any atom is -0.390 e. The highest BCUT2D eigenvalue weighted by Gasteiger charge is 2.51. The van der Waals surface area contributed by atoms with Crippen LogP contribution in [-0.2, 0) is 39.9 Å². The summed E-state index contributed by atoms with van der Waals surface area (Å²) in [5.74, 6) is -0.752. The Hall–Kier alpha value is -2.12. The van der Waals surface area contributed by atoms with Crippen LogP contribution < -0.4 is 10.6 Å². The summed E-state index contributed by atoms with van der Waals surface area (Å²) in [6, 6.07) is -3.24. The highest BCUT2D eigenvalue weighted by Crippen LogP contribution is 2.44. The number of fused-ring (bicyclic) bond motifs is 1. The Balaban J connectivity index is 1.07. The van der Waals surface area contributed by atoms with Gasteiger partial charge < -0.3 is 20.5 Å². The van der Waals surface area contributed by atoms with Crippen molar-refractivity contribution in [2.24, 2.45) is 42.5 Å². The number of nitrogens with one attached hydrogen (secondary N) is 2. The quantitative estimate of drug-likeness (QED) is 0.105. The summed E-state index contributed by atoms with van der Waals surface area (Å²) in [5.41, 5.74) is 0. The highest BCUT2D eigenvalue weighted by molar-refractivity contribution is 7.87. The molecule has 16 atom stereocenters. The largest absolute Gasteiger partial charge is 0.390 e. The first-order valence-corrected chi connectivity index (χ1v) is 26.7. The highest BCUT2D eigenvalue weighted by atomic mass is 32.2. The first kappa shape index (κ1) is 48.3. The Kier molecular flexibility index (Phi) is 16.5. The van der Waals surface area contributed by atoms with Gasteiger partial charge in [-0.05, 0) is 128 Å². The lowest BCUT2D eigenvalue weighted by Gasteiger charge is -2.47. The van der Waals surface area contributed by atoms with Crippen LogP contribution in [0, 0.1) is 11.8 Å². The molecule has 6 saturated carbocycles. The molecular weight excluding hydrogens is 857 g/mol. The predicted molar refractivity (Wildman–Crippen MR) is 223 cm³/mol. The average Bonchev–Trinajstić information content (AvgIpc) is 3.19. The number of rotatable bonds is 14. The molecule has 6 aliphatic rings. The molecule has 0 radical (unpaired) electrons. The van der Waals surface area contributed by atoms with Gasteiger partial charge in [-0.1, -0.05) is 6.42 Å². The van der Waals surface area contributed by atoms with E-state index in [1.54, 1.807) is 0 Å². The molecule has 6 aliphatic carbocycles. The fraction of sp³-hybridized carbons (Fsp3) is 0.974. The molecule has 0 spiro atoms. The molecule has 20 nitrogen and oxygen atoms in total. The van der Waals surface area contributed by atoms with Crippen molar-refractivity contribution in [1.29, 1.82) is 0 Å². The number of ether oxygens (including phenoxy) is 1. The number of carbonyl (C=O) groups excluding carboxylic acids is 1. The van der Waals surface area contributed by atoms with Gasteiger partial charge in [0.1, 0.15) is 11.3 Å². The van der Waals surface area contributed by atoms with Crippen LogP contribution in [0.25, 0.3) is 0 Å². The zero-order chi connectivity index (χ0) is 44.1. The Morgan fingerprint density at radius 2 is 1.21 bits per heavy atom. The third-order valence-electron chi connectivity index (χ3n) is 14.1. The van der Waals surface area contributed by atoms with Crippen LogP contribution in [0.2, 0.25) is 0 Å². The van der Waals surface area contributed by atoms with E-state index in [1.165, 1.54) is 6.92 Å². The molecule has 0 bridgehead atoms. The summed E-state index contributed by atoms with van der Waals surface area (Å²) in [5, 5.41) is 42.7. The summed E-state index contributed by atoms with van der Waals surface area (Å²) in [6.07, 6.45) is 7.87. The lowest BCUT2D eigenvalue weighted by atomic mass is 9.66. The van der Waals surface area contributed by atoms with Crippen LogP contribution in [0.3, 0.4) is 0 Å². The SMILES string of the molecule is CCOC1CC(N=NC2CCCC(S(=O)(=O)O)C2)CCC1N=NC1CCC(N=NC2C(O)C3CC(NC4CCCC(S(=O)(=O)O)C4)CCC3CC2S(=O)(=O)O)CC1NC(C)=O. The Labute approximate surface area is 360 Å². The van der Waals surface area contributed by atoms with E-state index in [2.05, 4.69) is 31.1 Å². The number of aliphatic hydroxyl groups is 1. The van der Waals surface area contributed by atoms with E-state index in [4.69, 9.17) is 15.0 Å². The van der Waals surface area contributed by atoms with Gasteiger partial charge in [0.15, 0.2) is 0 Å². The summed E-state index contributed by atoms with van der Waals surface area (Å²) in [6.45, 7) is 3.77. The van der Waals surface area contributed by atoms with Crippen molar-refractivity contribution in [2.45, 2.75) is 212 Å². The molecule has 6 N–H and O–H groups in total. The zero-order valence-electron chi connectivity index (χ0n) is 35.1. The van der Waals surface area contributed by atoms with Crippen molar-refractivity contribution in [3.8, 4) is 0 Å². The van der Waals surface area contributed by atoms with Crippen molar-refractivity contribution in [1.82, 2.24) is 10.6 Å². The lowest BCUT2D eigenvalue weighted by Crippen LogP contribution is -2.56. The minimum absolute atomic E-state index is 0.0504. The first-order chi connectivity index (χ1) is 28.8. The van der Waals surface area contributed by atoms with Crippen molar-refractivity contribution < 1.29 is 53.5 Å². The molecule has 23 heteroatoms. The molecule has 0 aromatic carbocycles. The van der Waals surface area contributed by atoms with E-state index in [-0.39, 0.29) is 72.9 Å². The molecule has 1 amide bonds. The minimum atomic E-state index is -4.59. The molecule has 348 valence electrons. The van der Waals surface area contributed by atoms with Crippen LogP contribution in [0.5, 0.6) is 0 Å². The molecule has 16 unspecified atom stereocenters. The number of aliphatic hydroxyl groups excluding tert-OH is 1. The van der Waals surface area contributed by atoms with Gasteiger partial charge >= 0.3 is 0 Å². The van der Waals surface area contributed by atoms with Gasteiger partial charge in [-0.2, -0.15) is 55.9 Å². The monoisotopic (exact) mass is 922 g/mol. The smallest absolute Gasteiger partial charge is 0.270 e. The maximum atomic E-state index is 12.7. The van der Waals surface area contributed by atoms with Crippen molar-refractivity contribution in [3.63, 3.8) is 0 Å². The second-order valence-corrected chi connectivity index (χ2v) is 23.4. The summed E-state index contributed by atoms with van der Waals surface area (Å²) in [4.78, 5) is 12.3. The van der Waals surface area contributed by atoms with E-state index in [9.17, 15) is 48.8 Å². The lowest BCUT2D eigenvalue weighted by molar-refractivity contribution is -0.120. The fourth-order valence-corrected chi connectivity index (χ4v) is 13.9. The van der Waals surface area contributed by atoms with Crippen LogP contribution in [0.4, 0.5) is 0 Å².